The summed E-state index contributed by atoms with van der Waals surface area (Å²) in [5.74, 6) is 0.431. The molecule has 0 aliphatic carbocycles. The summed E-state index contributed by atoms with van der Waals surface area (Å²) in [5.41, 5.74) is -0.493. The first-order chi connectivity index (χ1) is 12.7. The van der Waals surface area contributed by atoms with Gasteiger partial charge in [0.25, 0.3) is 5.56 Å². The Morgan fingerprint density at radius 3 is 2.52 bits per heavy atom. The van der Waals surface area contributed by atoms with Crippen molar-refractivity contribution in [3.8, 4) is 5.75 Å². The lowest BCUT2D eigenvalue weighted by atomic mass is 10.1. The number of aromatic nitrogens is 2. The number of nitrogens with zero attached hydrogens (tertiary/aromatic N) is 2. The van der Waals surface area contributed by atoms with Crippen LogP contribution in [-0.2, 0) is 11.3 Å². The van der Waals surface area contributed by atoms with Gasteiger partial charge in [0.2, 0.25) is 5.91 Å². The largest absolute Gasteiger partial charge is 0.492 e. The molecule has 1 heterocycles. The van der Waals surface area contributed by atoms with Gasteiger partial charge in [-0.05, 0) is 45.0 Å². The third kappa shape index (κ3) is 6.77. The van der Waals surface area contributed by atoms with Crippen LogP contribution in [0.5, 0.6) is 5.75 Å². The Balaban J connectivity index is 1.92. The van der Waals surface area contributed by atoms with Crippen molar-refractivity contribution in [3.05, 3.63) is 50.9 Å². The van der Waals surface area contributed by atoms with Crippen LogP contribution in [0.15, 0.2) is 35.3 Å². The first kappa shape index (κ1) is 21.1. The Morgan fingerprint density at radius 1 is 1.22 bits per heavy atom. The fourth-order valence-electron chi connectivity index (χ4n) is 2.17. The summed E-state index contributed by atoms with van der Waals surface area (Å²) in [7, 11) is 0. The molecule has 146 valence electrons. The van der Waals surface area contributed by atoms with Crippen LogP contribution in [0.25, 0.3) is 0 Å². The monoisotopic (exact) mass is 412 g/mol. The number of nitrogens with one attached hydrogen (secondary N) is 2. The maximum atomic E-state index is 12.3. The molecule has 0 spiro atoms. The van der Waals surface area contributed by atoms with Gasteiger partial charge in [-0.2, -0.15) is 5.10 Å². The van der Waals surface area contributed by atoms with E-state index in [-0.39, 0.29) is 36.2 Å². The zero-order valence-electron chi connectivity index (χ0n) is 15.4. The number of hydrogen-bond acceptors (Lipinski definition) is 5. The molecule has 0 fully saturated rings. The molecule has 0 atom stereocenters. The number of benzene rings is 1. The summed E-state index contributed by atoms with van der Waals surface area (Å²) in [6.45, 7) is 6.10. The summed E-state index contributed by atoms with van der Waals surface area (Å²) in [5, 5.41) is 10.3. The molecule has 0 saturated heterocycles. The number of amides is 1. The van der Waals surface area contributed by atoms with E-state index in [1.807, 2.05) is 20.8 Å². The highest BCUT2D eigenvalue weighted by Crippen LogP contribution is 2.16. The van der Waals surface area contributed by atoms with Crippen molar-refractivity contribution in [2.75, 3.05) is 18.5 Å². The Morgan fingerprint density at radius 2 is 1.89 bits per heavy atom. The SMILES string of the molecule is CC(C)(C)NC(=O)CNc1cnn(CCOc2ccc(Cl)cc2)c(=O)c1Cl. The van der Waals surface area contributed by atoms with Crippen molar-refractivity contribution in [2.24, 2.45) is 0 Å². The van der Waals surface area contributed by atoms with Crippen LogP contribution in [-0.4, -0.2) is 34.4 Å². The second-order valence-electron chi connectivity index (χ2n) is 6.85. The van der Waals surface area contributed by atoms with Crippen molar-refractivity contribution in [1.29, 1.82) is 0 Å². The molecule has 2 N–H and O–H groups in total. The lowest BCUT2D eigenvalue weighted by Crippen LogP contribution is -2.43. The standard InChI is InChI=1S/C18H22Cl2N4O3/c1-18(2,3)23-15(25)11-21-14-10-22-24(17(26)16(14)20)8-9-27-13-6-4-12(19)5-7-13/h4-7,10,21H,8-9,11H2,1-3H3,(H,23,25). The number of anilines is 1. The minimum absolute atomic E-state index is 0.0121. The number of halogens is 2. The maximum absolute atomic E-state index is 12.3. The van der Waals surface area contributed by atoms with Crippen LogP contribution < -0.4 is 20.9 Å². The van der Waals surface area contributed by atoms with Crippen molar-refractivity contribution >= 4 is 34.8 Å². The number of carbonyl (C=O) groups excluding carboxylic acids is 1. The van der Waals surface area contributed by atoms with Gasteiger partial charge in [-0.3, -0.25) is 9.59 Å². The molecule has 7 nitrogen and oxygen atoms in total. The van der Waals surface area contributed by atoms with Gasteiger partial charge in [0.15, 0.2) is 0 Å². The van der Waals surface area contributed by atoms with Gasteiger partial charge in [0, 0.05) is 10.6 Å². The molecule has 0 bridgehead atoms. The van der Waals surface area contributed by atoms with Gasteiger partial charge < -0.3 is 15.4 Å². The molecule has 0 unspecified atom stereocenters. The first-order valence-electron chi connectivity index (χ1n) is 8.34. The number of rotatable bonds is 7. The molecule has 1 aromatic carbocycles. The molecule has 1 amide bonds. The fourth-order valence-corrected chi connectivity index (χ4v) is 2.51. The molecular formula is C18H22Cl2N4O3. The highest BCUT2D eigenvalue weighted by Gasteiger charge is 2.15. The molecule has 2 rings (SSSR count). The molecule has 0 aliphatic rings. The smallest absolute Gasteiger partial charge is 0.287 e. The van der Waals surface area contributed by atoms with Gasteiger partial charge >= 0.3 is 0 Å². The van der Waals surface area contributed by atoms with Gasteiger partial charge in [0.1, 0.15) is 17.4 Å². The van der Waals surface area contributed by atoms with E-state index in [4.69, 9.17) is 27.9 Å². The van der Waals surface area contributed by atoms with Crippen molar-refractivity contribution in [3.63, 3.8) is 0 Å². The Hall–Kier alpha value is -2.25. The number of carbonyl (C=O) groups is 1. The van der Waals surface area contributed by atoms with Gasteiger partial charge in [-0.15, -0.1) is 0 Å². The predicted molar refractivity (Wildman–Crippen MR) is 107 cm³/mol. The van der Waals surface area contributed by atoms with Crippen LogP contribution in [0, 0.1) is 0 Å². The molecule has 9 heteroatoms. The molecule has 1 aromatic heterocycles. The first-order valence-corrected chi connectivity index (χ1v) is 9.10. The summed E-state index contributed by atoms with van der Waals surface area (Å²) >= 11 is 11.9. The molecule has 0 aliphatic heterocycles. The van der Waals surface area contributed by atoms with E-state index in [1.54, 1.807) is 24.3 Å². The van der Waals surface area contributed by atoms with E-state index in [0.717, 1.165) is 0 Å². The van der Waals surface area contributed by atoms with Gasteiger partial charge in [-0.1, -0.05) is 23.2 Å². The Labute approximate surface area is 167 Å². The maximum Gasteiger partial charge on any atom is 0.287 e. The van der Waals surface area contributed by atoms with Crippen molar-refractivity contribution in [2.45, 2.75) is 32.9 Å². The topological polar surface area (TPSA) is 85.2 Å². The van der Waals surface area contributed by atoms with Crippen molar-refractivity contribution in [1.82, 2.24) is 15.1 Å². The van der Waals surface area contributed by atoms with Crippen LogP contribution in [0.3, 0.4) is 0 Å². The minimum atomic E-state index is -0.461. The number of ether oxygens (including phenoxy) is 1. The van der Waals surface area contributed by atoms with E-state index in [1.165, 1.54) is 10.9 Å². The van der Waals surface area contributed by atoms with Crippen LogP contribution >= 0.6 is 23.2 Å². The normalized spacial score (nSPS) is 11.1. The van der Waals surface area contributed by atoms with E-state index in [9.17, 15) is 9.59 Å². The third-order valence-corrected chi connectivity index (χ3v) is 3.94. The number of hydrogen-bond donors (Lipinski definition) is 2. The zero-order chi connectivity index (χ0) is 20.0. The van der Waals surface area contributed by atoms with E-state index in [0.29, 0.717) is 16.5 Å². The average molecular weight is 413 g/mol. The molecule has 0 saturated carbocycles. The predicted octanol–water partition coefficient (Wildman–Crippen LogP) is 2.96. The Kier molecular flexibility index (Phi) is 7.10. The lowest BCUT2D eigenvalue weighted by molar-refractivity contribution is -0.120. The Bertz CT molecular complexity index is 845. The lowest BCUT2D eigenvalue weighted by Gasteiger charge is -2.20. The molecular weight excluding hydrogens is 391 g/mol. The summed E-state index contributed by atoms with van der Waals surface area (Å²) in [6.07, 6.45) is 1.41. The van der Waals surface area contributed by atoms with Crippen molar-refractivity contribution < 1.29 is 9.53 Å². The molecule has 27 heavy (non-hydrogen) atoms. The molecule has 2 aromatic rings. The van der Waals surface area contributed by atoms with Gasteiger partial charge in [-0.25, -0.2) is 4.68 Å². The van der Waals surface area contributed by atoms with Crippen LogP contribution in [0.2, 0.25) is 10.0 Å². The average Bonchev–Trinajstić information content (AvgIpc) is 2.58. The van der Waals surface area contributed by atoms with E-state index < -0.39 is 5.56 Å². The van der Waals surface area contributed by atoms with Crippen LogP contribution in [0.1, 0.15) is 20.8 Å². The quantitative estimate of drug-likeness (QED) is 0.729. The van der Waals surface area contributed by atoms with Gasteiger partial charge in [0.05, 0.1) is 25.0 Å². The van der Waals surface area contributed by atoms with E-state index in [2.05, 4.69) is 15.7 Å². The second-order valence-corrected chi connectivity index (χ2v) is 7.67. The third-order valence-electron chi connectivity index (χ3n) is 3.32. The highest BCUT2D eigenvalue weighted by atomic mass is 35.5. The summed E-state index contributed by atoms with van der Waals surface area (Å²) in [6, 6.07) is 6.91. The molecule has 0 radical (unpaired) electrons. The highest BCUT2D eigenvalue weighted by molar-refractivity contribution is 6.33. The summed E-state index contributed by atoms with van der Waals surface area (Å²) < 4.78 is 6.75. The summed E-state index contributed by atoms with van der Waals surface area (Å²) in [4.78, 5) is 24.2. The van der Waals surface area contributed by atoms with Crippen LogP contribution in [0.4, 0.5) is 5.69 Å². The fraction of sp³-hybridized carbons (Fsp3) is 0.389. The van der Waals surface area contributed by atoms with E-state index >= 15 is 0 Å². The minimum Gasteiger partial charge on any atom is -0.492 e. The zero-order valence-corrected chi connectivity index (χ0v) is 16.9. The second kappa shape index (κ2) is 9.10.